The molecule has 0 atom stereocenters. The smallest absolute Gasteiger partial charge is 0.224 e. The Hall–Kier alpha value is -1.84. The minimum Gasteiger partial charge on any atom is -0.357 e. The van der Waals surface area contributed by atoms with Crippen molar-refractivity contribution < 1.29 is 0 Å². The van der Waals surface area contributed by atoms with Crippen LogP contribution in [0.3, 0.4) is 0 Å². The lowest BCUT2D eigenvalue weighted by molar-refractivity contribution is 0.724. The van der Waals surface area contributed by atoms with Gasteiger partial charge in [-0.2, -0.15) is 0 Å². The maximum Gasteiger partial charge on any atom is 0.224 e. The van der Waals surface area contributed by atoms with Crippen molar-refractivity contribution in [2.24, 2.45) is 7.05 Å². The Balaban J connectivity index is 1.88. The highest BCUT2D eigenvalue weighted by molar-refractivity contribution is 5.23. The fourth-order valence-electron chi connectivity index (χ4n) is 1.89. The topological polar surface area (TPSA) is 42.7 Å². The van der Waals surface area contributed by atoms with E-state index >= 15 is 0 Å². The third kappa shape index (κ3) is 2.84. The van der Waals surface area contributed by atoms with Crippen LogP contribution >= 0.6 is 0 Å². The molecular weight excluding hydrogens is 212 g/mol. The zero-order valence-corrected chi connectivity index (χ0v) is 10.3. The highest BCUT2D eigenvalue weighted by atomic mass is 15.3. The Kier molecular flexibility index (Phi) is 3.75. The van der Waals surface area contributed by atoms with Crippen molar-refractivity contribution in [3.05, 3.63) is 41.7 Å². The van der Waals surface area contributed by atoms with Crippen molar-refractivity contribution in [2.75, 3.05) is 12.4 Å². The summed E-state index contributed by atoms with van der Waals surface area (Å²) in [4.78, 5) is 0. The number of rotatable bonds is 5. The molecule has 17 heavy (non-hydrogen) atoms. The molecule has 1 heterocycles. The second-order valence-electron chi connectivity index (χ2n) is 4.09. The molecule has 0 amide bonds. The van der Waals surface area contributed by atoms with E-state index in [2.05, 4.69) is 39.8 Å². The van der Waals surface area contributed by atoms with E-state index in [-0.39, 0.29) is 0 Å². The van der Waals surface area contributed by atoms with Gasteiger partial charge >= 0.3 is 0 Å². The monoisotopic (exact) mass is 230 g/mol. The molecule has 1 aromatic heterocycles. The number of anilines is 1. The molecule has 0 radical (unpaired) electrons. The zero-order chi connectivity index (χ0) is 12.1. The predicted molar refractivity (Wildman–Crippen MR) is 69.0 cm³/mol. The average molecular weight is 230 g/mol. The van der Waals surface area contributed by atoms with E-state index in [1.807, 2.05) is 24.7 Å². The number of hydrogen-bond donors (Lipinski definition) is 1. The van der Waals surface area contributed by atoms with E-state index in [1.54, 1.807) is 0 Å². The van der Waals surface area contributed by atoms with Gasteiger partial charge in [-0.15, -0.1) is 10.2 Å². The highest BCUT2D eigenvalue weighted by Gasteiger charge is 2.06. The molecule has 0 spiro atoms. The van der Waals surface area contributed by atoms with Crippen LogP contribution in [0.5, 0.6) is 0 Å². The first-order chi connectivity index (χ1) is 8.31. The van der Waals surface area contributed by atoms with Gasteiger partial charge in [-0.1, -0.05) is 30.3 Å². The molecular formula is C13H18N4. The molecule has 0 aliphatic rings. The number of hydrogen-bond acceptors (Lipinski definition) is 3. The first-order valence-corrected chi connectivity index (χ1v) is 5.91. The van der Waals surface area contributed by atoms with Crippen LogP contribution in [0.25, 0.3) is 0 Å². The molecule has 2 rings (SSSR count). The molecule has 4 heteroatoms. The lowest BCUT2D eigenvalue weighted by atomic mass is 10.1. The molecule has 0 aliphatic heterocycles. The van der Waals surface area contributed by atoms with Crippen molar-refractivity contribution in [2.45, 2.75) is 19.3 Å². The Labute approximate surface area is 102 Å². The molecule has 1 N–H and O–H groups in total. The van der Waals surface area contributed by atoms with Gasteiger partial charge in [0.05, 0.1) is 0 Å². The molecule has 1 aromatic carbocycles. The standard InChI is InChI=1S/C13H18N4/c1-14-13-16-15-12(17(13)2)10-6-9-11-7-4-3-5-8-11/h3-5,7-8H,6,9-10H2,1-2H3,(H,14,16). The lowest BCUT2D eigenvalue weighted by Crippen LogP contribution is -2.03. The van der Waals surface area contributed by atoms with Gasteiger partial charge in [0.15, 0.2) is 0 Å². The van der Waals surface area contributed by atoms with Crippen LogP contribution < -0.4 is 5.32 Å². The highest BCUT2D eigenvalue weighted by Crippen LogP contribution is 2.09. The van der Waals surface area contributed by atoms with Gasteiger partial charge in [0, 0.05) is 20.5 Å². The van der Waals surface area contributed by atoms with Gasteiger partial charge in [-0.25, -0.2) is 0 Å². The Morgan fingerprint density at radius 1 is 1.12 bits per heavy atom. The quantitative estimate of drug-likeness (QED) is 0.854. The largest absolute Gasteiger partial charge is 0.357 e. The van der Waals surface area contributed by atoms with E-state index in [4.69, 9.17) is 0 Å². The summed E-state index contributed by atoms with van der Waals surface area (Å²) in [7, 11) is 3.85. The molecule has 0 unspecified atom stereocenters. The van der Waals surface area contributed by atoms with Gasteiger partial charge in [0.1, 0.15) is 5.82 Å². The molecule has 0 saturated carbocycles. The van der Waals surface area contributed by atoms with Crippen molar-refractivity contribution in [3.8, 4) is 0 Å². The molecule has 0 aliphatic carbocycles. The van der Waals surface area contributed by atoms with Crippen LogP contribution in [0.15, 0.2) is 30.3 Å². The molecule has 0 bridgehead atoms. The van der Waals surface area contributed by atoms with Crippen LogP contribution in [-0.4, -0.2) is 21.8 Å². The second kappa shape index (κ2) is 5.48. The maximum absolute atomic E-state index is 4.17. The summed E-state index contributed by atoms with van der Waals surface area (Å²) in [6, 6.07) is 10.5. The summed E-state index contributed by atoms with van der Waals surface area (Å²) in [5.41, 5.74) is 1.38. The minimum absolute atomic E-state index is 0.819. The van der Waals surface area contributed by atoms with Gasteiger partial charge in [-0.05, 0) is 18.4 Å². The normalized spacial score (nSPS) is 10.5. The van der Waals surface area contributed by atoms with E-state index in [1.165, 1.54) is 5.56 Å². The maximum atomic E-state index is 4.17. The SMILES string of the molecule is CNc1nnc(CCCc2ccccc2)n1C. The first kappa shape index (κ1) is 11.6. The van der Waals surface area contributed by atoms with E-state index in [0.717, 1.165) is 31.0 Å². The summed E-state index contributed by atoms with van der Waals surface area (Å²) in [5, 5.41) is 11.2. The van der Waals surface area contributed by atoms with Crippen LogP contribution in [0.1, 0.15) is 17.8 Å². The number of aryl methyl sites for hydroxylation is 2. The summed E-state index contributed by atoms with van der Waals surface area (Å²) >= 11 is 0. The average Bonchev–Trinajstić information content (AvgIpc) is 2.72. The number of aromatic nitrogens is 3. The van der Waals surface area contributed by atoms with Gasteiger partial charge in [-0.3, -0.25) is 0 Å². The summed E-state index contributed by atoms with van der Waals surface area (Å²) in [6.45, 7) is 0. The molecule has 0 fully saturated rings. The van der Waals surface area contributed by atoms with Crippen molar-refractivity contribution in [3.63, 3.8) is 0 Å². The first-order valence-electron chi connectivity index (χ1n) is 5.91. The van der Waals surface area contributed by atoms with Gasteiger partial charge in [0.2, 0.25) is 5.95 Å². The predicted octanol–water partition coefficient (Wildman–Crippen LogP) is 2.03. The lowest BCUT2D eigenvalue weighted by Gasteiger charge is -2.03. The number of benzene rings is 1. The number of nitrogens with one attached hydrogen (secondary N) is 1. The van der Waals surface area contributed by atoms with Crippen molar-refractivity contribution >= 4 is 5.95 Å². The fraction of sp³-hybridized carbons (Fsp3) is 0.385. The summed E-state index contributed by atoms with van der Waals surface area (Å²) < 4.78 is 2.00. The third-order valence-corrected chi connectivity index (χ3v) is 2.90. The Morgan fingerprint density at radius 3 is 2.53 bits per heavy atom. The van der Waals surface area contributed by atoms with Crippen molar-refractivity contribution in [1.82, 2.24) is 14.8 Å². The van der Waals surface area contributed by atoms with Gasteiger partial charge in [0.25, 0.3) is 0 Å². The third-order valence-electron chi connectivity index (χ3n) is 2.90. The Morgan fingerprint density at radius 2 is 1.88 bits per heavy atom. The van der Waals surface area contributed by atoms with Crippen LogP contribution in [0.4, 0.5) is 5.95 Å². The minimum atomic E-state index is 0.819. The molecule has 0 saturated heterocycles. The zero-order valence-electron chi connectivity index (χ0n) is 10.3. The van der Waals surface area contributed by atoms with Crippen LogP contribution in [0, 0.1) is 0 Å². The number of nitrogens with zero attached hydrogens (tertiary/aromatic N) is 3. The molecule has 90 valence electrons. The fourth-order valence-corrected chi connectivity index (χ4v) is 1.89. The summed E-state index contributed by atoms with van der Waals surface area (Å²) in [6.07, 6.45) is 3.14. The van der Waals surface area contributed by atoms with E-state index < -0.39 is 0 Å². The summed E-state index contributed by atoms with van der Waals surface area (Å²) in [5.74, 6) is 1.85. The van der Waals surface area contributed by atoms with Crippen molar-refractivity contribution in [1.29, 1.82) is 0 Å². The molecule has 4 nitrogen and oxygen atoms in total. The second-order valence-corrected chi connectivity index (χ2v) is 4.09. The molecule has 2 aromatic rings. The van der Waals surface area contributed by atoms with Crippen LogP contribution in [-0.2, 0) is 19.9 Å². The van der Waals surface area contributed by atoms with Gasteiger partial charge < -0.3 is 9.88 Å². The Bertz CT molecular complexity index is 462. The van der Waals surface area contributed by atoms with E-state index in [0.29, 0.717) is 0 Å². The van der Waals surface area contributed by atoms with E-state index in [9.17, 15) is 0 Å². The van der Waals surface area contributed by atoms with Crippen LogP contribution in [0.2, 0.25) is 0 Å².